The van der Waals surface area contributed by atoms with Crippen molar-refractivity contribution in [2.45, 2.75) is 25.8 Å². The van der Waals surface area contributed by atoms with E-state index in [1.807, 2.05) is 30.9 Å². The van der Waals surface area contributed by atoms with Gasteiger partial charge in [-0.3, -0.25) is 0 Å². The minimum atomic E-state index is 0.680. The standard InChI is InChI=1S/C15H15N3/c16-9-12-1-3-15-8-13(2-4-14(15)7-12)10-18-6-5-17-11-18/h1,3,5-7,11,13H,2,4,8,10H2. The van der Waals surface area contributed by atoms with Gasteiger partial charge in [-0.05, 0) is 48.4 Å². The van der Waals surface area contributed by atoms with E-state index < -0.39 is 0 Å². The molecule has 1 atom stereocenters. The van der Waals surface area contributed by atoms with E-state index in [1.165, 1.54) is 17.5 Å². The number of hydrogen-bond donors (Lipinski definition) is 0. The third-order valence-electron chi connectivity index (χ3n) is 3.69. The van der Waals surface area contributed by atoms with Gasteiger partial charge in [0, 0.05) is 18.9 Å². The molecule has 0 radical (unpaired) electrons. The lowest BCUT2D eigenvalue weighted by Crippen LogP contribution is -2.19. The molecule has 1 aromatic heterocycles. The molecule has 1 unspecified atom stereocenters. The first-order valence-electron chi connectivity index (χ1n) is 6.33. The van der Waals surface area contributed by atoms with Crippen LogP contribution < -0.4 is 0 Å². The normalized spacial score (nSPS) is 18.1. The molecule has 0 saturated carbocycles. The van der Waals surface area contributed by atoms with Crippen LogP contribution in [0, 0.1) is 17.2 Å². The van der Waals surface area contributed by atoms with Crippen LogP contribution in [0.15, 0.2) is 36.9 Å². The molecule has 0 spiro atoms. The molecular weight excluding hydrogens is 222 g/mol. The molecule has 0 amide bonds. The molecular formula is C15H15N3. The molecule has 1 heterocycles. The Morgan fingerprint density at radius 3 is 3.11 bits per heavy atom. The number of rotatable bonds is 2. The molecule has 0 bridgehead atoms. The quantitative estimate of drug-likeness (QED) is 0.805. The van der Waals surface area contributed by atoms with E-state index >= 15 is 0 Å². The van der Waals surface area contributed by atoms with E-state index in [2.05, 4.69) is 21.7 Å². The summed E-state index contributed by atoms with van der Waals surface area (Å²) in [5.41, 5.74) is 3.54. The molecule has 90 valence electrons. The second-order valence-electron chi connectivity index (χ2n) is 4.96. The summed E-state index contributed by atoms with van der Waals surface area (Å²) in [7, 11) is 0. The highest BCUT2D eigenvalue weighted by Crippen LogP contribution is 2.27. The minimum Gasteiger partial charge on any atom is -0.337 e. The first-order chi connectivity index (χ1) is 8.85. The summed E-state index contributed by atoms with van der Waals surface area (Å²) in [6.07, 6.45) is 9.13. The third kappa shape index (κ3) is 2.14. The maximum Gasteiger partial charge on any atom is 0.0991 e. The van der Waals surface area contributed by atoms with Crippen molar-refractivity contribution < 1.29 is 0 Å². The Morgan fingerprint density at radius 2 is 2.33 bits per heavy atom. The van der Waals surface area contributed by atoms with Crippen molar-refractivity contribution in [3.63, 3.8) is 0 Å². The van der Waals surface area contributed by atoms with Gasteiger partial charge in [0.1, 0.15) is 0 Å². The van der Waals surface area contributed by atoms with Crippen LogP contribution in [-0.4, -0.2) is 9.55 Å². The zero-order valence-corrected chi connectivity index (χ0v) is 10.2. The fraction of sp³-hybridized carbons (Fsp3) is 0.333. The van der Waals surface area contributed by atoms with Gasteiger partial charge < -0.3 is 4.57 Å². The molecule has 2 aromatic rings. The summed E-state index contributed by atoms with van der Waals surface area (Å²) in [6.45, 7) is 1.04. The molecule has 3 nitrogen and oxygen atoms in total. The van der Waals surface area contributed by atoms with Gasteiger partial charge in [-0.1, -0.05) is 6.07 Å². The number of hydrogen-bond acceptors (Lipinski definition) is 2. The van der Waals surface area contributed by atoms with Crippen molar-refractivity contribution in [1.29, 1.82) is 5.26 Å². The van der Waals surface area contributed by atoms with Gasteiger partial charge >= 0.3 is 0 Å². The van der Waals surface area contributed by atoms with Crippen molar-refractivity contribution in [2.75, 3.05) is 0 Å². The Hall–Kier alpha value is -2.08. The molecule has 0 aliphatic heterocycles. The second kappa shape index (κ2) is 4.66. The first-order valence-corrected chi connectivity index (χ1v) is 6.33. The number of benzene rings is 1. The summed E-state index contributed by atoms with van der Waals surface area (Å²) >= 11 is 0. The summed E-state index contributed by atoms with van der Waals surface area (Å²) in [5.74, 6) is 0.680. The molecule has 3 rings (SSSR count). The van der Waals surface area contributed by atoms with Gasteiger partial charge in [0.15, 0.2) is 0 Å². The van der Waals surface area contributed by atoms with Gasteiger partial charge in [-0.2, -0.15) is 5.26 Å². The van der Waals surface area contributed by atoms with Gasteiger partial charge in [0.2, 0.25) is 0 Å². The zero-order chi connectivity index (χ0) is 12.4. The van der Waals surface area contributed by atoms with Gasteiger partial charge in [0.05, 0.1) is 18.0 Å². The molecule has 18 heavy (non-hydrogen) atoms. The number of aryl methyl sites for hydroxylation is 1. The lowest BCUT2D eigenvalue weighted by Gasteiger charge is -2.25. The van der Waals surface area contributed by atoms with E-state index in [0.717, 1.165) is 24.9 Å². The first kappa shape index (κ1) is 11.0. The highest BCUT2D eigenvalue weighted by Gasteiger charge is 2.19. The summed E-state index contributed by atoms with van der Waals surface area (Å²) in [6, 6.07) is 8.30. The zero-order valence-electron chi connectivity index (χ0n) is 10.2. The Labute approximate surface area is 107 Å². The topological polar surface area (TPSA) is 41.6 Å². The van der Waals surface area contributed by atoms with Gasteiger partial charge in [0.25, 0.3) is 0 Å². The highest BCUT2D eigenvalue weighted by molar-refractivity contribution is 5.39. The fourth-order valence-electron chi connectivity index (χ4n) is 2.75. The summed E-state index contributed by atoms with van der Waals surface area (Å²) in [4.78, 5) is 4.08. The average Bonchev–Trinajstić information content (AvgIpc) is 2.91. The van der Waals surface area contributed by atoms with E-state index in [4.69, 9.17) is 5.26 Å². The van der Waals surface area contributed by atoms with Crippen LogP contribution in [0.3, 0.4) is 0 Å². The van der Waals surface area contributed by atoms with Crippen molar-refractivity contribution in [2.24, 2.45) is 5.92 Å². The number of nitrogens with zero attached hydrogens (tertiary/aromatic N) is 3. The Morgan fingerprint density at radius 1 is 1.39 bits per heavy atom. The van der Waals surface area contributed by atoms with Crippen LogP contribution in [0.1, 0.15) is 23.1 Å². The number of fused-ring (bicyclic) bond motifs is 1. The van der Waals surface area contributed by atoms with Crippen LogP contribution in [0.2, 0.25) is 0 Å². The minimum absolute atomic E-state index is 0.680. The highest BCUT2D eigenvalue weighted by atomic mass is 15.0. The Balaban J connectivity index is 1.75. The van der Waals surface area contributed by atoms with Gasteiger partial charge in [-0.25, -0.2) is 4.98 Å². The molecule has 3 heteroatoms. The average molecular weight is 237 g/mol. The lowest BCUT2D eigenvalue weighted by atomic mass is 9.83. The Bertz CT molecular complexity index is 578. The van der Waals surface area contributed by atoms with Crippen molar-refractivity contribution in [3.05, 3.63) is 53.6 Å². The molecule has 1 aliphatic rings. The molecule has 1 aromatic carbocycles. The van der Waals surface area contributed by atoms with E-state index in [-0.39, 0.29) is 0 Å². The lowest BCUT2D eigenvalue weighted by molar-refractivity contribution is 0.395. The predicted molar refractivity (Wildman–Crippen MR) is 68.9 cm³/mol. The maximum absolute atomic E-state index is 8.90. The monoisotopic (exact) mass is 237 g/mol. The summed E-state index contributed by atoms with van der Waals surface area (Å²) in [5, 5.41) is 8.90. The predicted octanol–water partition coefficient (Wildman–Crippen LogP) is 2.56. The SMILES string of the molecule is N#Cc1ccc2c(c1)CCC(Cn1ccnc1)C2. The van der Waals surface area contributed by atoms with Crippen LogP contribution in [0.4, 0.5) is 0 Å². The van der Waals surface area contributed by atoms with E-state index in [0.29, 0.717) is 5.92 Å². The smallest absolute Gasteiger partial charge is 0.0991 e. The number of imidazole rings is 1. The number of nitriles is 1. The van der Waals surface area contributed by atoms with Crippen molar-refractivity contribution in [3.8, 4) is 6.07 Å². The van der Waals surface area contributed by atoms with Crippen LogP contribution >= 0.6 is 0 Å². The maximum atomic E-state index is 8.90. The van der Waals surface area contributed by atoms with Crippen LogP contribution in [-0.2, 0) is 19.4 Å². The second-order valence-corrected chi connectivity index (χ2v) is 4.96. The largest absolute Gasteiger partial charge is 0.337 e. The van der Waals surface area contributed by atoms with E-state index in [9.17, 15) is 0 Å². The Kier molecular flexibility index (Phi) is 2.85. The molecule has 0 saturated heterocycles. The van der Waals surface area contributed by atoms with E-state index in [1.54, 1.807) is 0 Å². The van der Waals surface area contributed by atoms with Gasteiger partial charge in [-0.15, -0.1) is 0 Å². The van der Waals surface area contributed by atoms with Crippen molar-refractivity contribution >= 4 is 0 Å². The molecule has 0 N–H and O–H groups in total. The molecule has 0 fully saturated rings. The molecule has 1 aliphatic carbocycles. The fourth-order valence-corrected chi connectivity index (χ4v) is 2.75. The summed E-state index contributed by atoms with van der Waals surface area (Å²) < 4.78 is 2.15. The van der Waals surface area contributed by atoms with Crippen LogP contribution in [0.25, 0.3) is 0 Å². The third-order valence-corrected chi connectivity index (χ3v) is 3.69. The van der Waals surface area contributed by atoms with Crippen LogP contribution in [0.5, 0.6) is 0 Å². The van der Waals surface area contributed by atoms with Crippen molar-refractivity contribution in [1.82, 2.24) is 9.55 Å². The number of aromatic nitrogens is 2.